The van der Waals surface area contributed by atoms with Crippen LogP contribution in [-0.4, -0.2) is 52.7 Å². The van der Waals surface area contributed by atoms with Crippen molar-refractivity contribution in [2.45, 2.75) is 11.3 Å². The number of ether oxygens (including phenoxy) is 2. The van der Waals surface area contributed by atoms with Crippen LogP contribution in [0, 0.1) is 0 Å². The molecule has 0 spiro atoms. The largest absolute Gasteiger partial charge is 0.457 e. The summed E-state index contributed by atoms with van der Waals surface area (Å²) in [5, 5.41) is 0. The molecule has 0 amide bonds. The zero-order valence-corrected chi connectivity index (χ0v) is 15.5. The number of benzene rings is 2. The van der Waals surface area contributed by atoms with Crippen LogP contribution in [0.4, 0.5) is 0 Å². The third kappa shape index (κ3) is 5.54. The molecular formula is C19H24N2O4S. The summed E-state index contributed by atoms with van der Waals surface area (Å²) < 4.78 is 38.4. The van der Waals surface area contributed by atoms with Crippen molar-refractivity contribution in [1.29, 1.82) is 0 Å². The molecule has 1 fully saturated rings. The quantitative estimate of drug-likeness (QED) is 0.717. The second-order valence-corrected chi connectivity index (χ2v) is 7.86. The Morgan fingerprint density at radius 1 is 0.962 bits per heavy atom. The summed E-state index contributed by atoms with van der Waals surface area (Å²) in [6.45, 7) is 4.62. The minimum atomic E-state index is -3.50. The highest BCUT2D eigenvalue weighted by Crippen LogP contribution is 2.22. The highest BCUT2D eigenvalue weighted by Gasteiger charge is 2.14. The van der Waals surface area contributed by atoms with Gasteiger partial charge in [0.2, 0.25) is 10.0 Å². The fourth-order valence-corrected chi connectivity index (χ4v) is 3.80. The van der Waals surface area contributed by atoms with Crippen molar-refractivity contribution in [2.75, 3.05) is 39.4 Å². The maximum absolute atomic E-state index is 12.4. The first-order valence-corrected chi connectivity index (χ1v) is 10.2. The van der Waals surface area contributed by atoms with Gasteiger partial charge in [-0.25, -0.2) is 13.1 Å². The van der Waals surface area contributed by atoms with Gasteiger partial charge in [-0.1, -0.05) is 18.2 Å². The topological polar surface area (TPSA) is 67.9 Å². The summed E-state index contributed by atoms with van der Waals surface area (Å²) in [5.74, 6) is 1.31. The van der Waals surface area contributed by atoms with E-state index in [1.54, 1.807) is 24.3 Å². The van der Waals surface area contributed by atoms with Crippen LogP contribution in [0.2, 0.25) is 0 Å². The standard InChI is InChI=1S/C19H24N2O4S/c22-26(23,20-11-4-12-21-13-15-24-16-14-21)19-9-7-18(8-10-19)25-17-5-2-1-3-6-17/h1-3,5-10,20H,4,11-16H2. The molecule has 0 radical (unpaired) electrons. The Balaban J connectivity index is 1.48. The van der Waals surface area contributed by atoms with E-state index in [1.165, 1.54) is 0 Å². The summed E-state index contributed by atoms with van der Waals surface area (Å²) in [6, 6.07) is 15.8. The van der Waals surface area contributed by atoms with E-state index in [-0.39, 0.29) is 4.90 Å². The summed E-state index contributed by atoms with van der Waals surface area (Å²) in [7, 11) is -3.50. The third-order valence-electron chi connectivity index (χ3n) is 4.16. The molecule has 26 heavy (non-hydrogen) atoms. The van der Waals surface area contributed by atoms with Gasteiger partial charge < -0.3 is 9.47 Å². The van der Waals surface area contributed by atoms with Crippen molar-refractivity contribution >= 4 is 10.0 Å². The molecule has 0 aromatic heterocycles. The second-order valence-electron chi connectivity index (χ2n) is 6.09. The van der Waals surface area contributed by atoms with Gasteiger partial charge in [0, 0.05) is 19.6 Å². The molecule has 3 rings (SSSR count). The lowest BCUT2D eigenvalue weighted by atomic mass is 10.3. The number of rotatable bonds is 8. The van der Waals surface area contributed by atoms with E-state index in [4.69, 9.17) is 9.47 Å². The highest BCUT2D eigenvalue weighted by atomic mass is 32.2. The number of hydrogen-bond donors (Lipinski definition) is 1. The van der Waals surface area contributed by atoms with Gasteiger partial charge in [-0.05, 0) is 49.4 Å². The molecule has 0 unspecified atom stereocenters. The lowest BCUT2D eigenvalue weighted by Gasteiger charge is -2.26. The zero-order chi connectivity index (χ0) is 18.2. The fraction of sp³-hybridized carbons (Fsp3) is 0.368. The Bertz CT molecular complexity index is 773. The van der Waals surface area contributed by atoms with Crippen LogP contribution in [0.5, 0.6) is 11.5 Å². The normalized spacial score (nSPS) is 15.7. The number of nitrogens with zero attached hydrogens (tertiary/aromatic N) is 1. The van der Waals surface area contributed by atoms with E-state index >= 15 is 0 Å². The Hall–Kier alpha value is -1.93. The molecule has 2 aromatic rings. The number of nitrogens with one attached hydrogen (secondary N) is 1. The van der Waals surface area contributed by atoms with Gasteiger partial charge in [-0.15, -0.1) is 0 Å². The van der Waals surface area contributed by atoms with Crippen molar-refractivity contribution < 1.29 is 17.9 Å². The van der Waals surface area contributed by atoms with E-state index in [0.717, 1.165) is 39.3 Å². The fourth-order valence-electron chi connectivity index (χ4n) is 2.73. The van der Waals surface area contributed by atoms with Gasteiger partial charge in [0.1, 0.15) is 11.5 Å². The number of para-hydroxylation sites is 1. The molecule has 1 aliphatic heterocycles. The molecular weight excluding hydrogens is 352 g/mol. The van der Waals surface area contributed by atoms with E-state index in [9.17, 15) is 8.42 Å². The van der Waals surface area contributed by atoms with Crippen molar-refractivity contribution in [2.24, 2.45) is 0 Å². The van der Waals surface area contributed by atoms with E-state index in [0.29, 0.717) is 18.0 Å². The first-order chi connectivity index (χ1) is 12.6. The molecule has 7 heteroatoms. The second kappa shape index (κ2) is 9.14. The van der Waals surface area contributed by atoms with Crippen LogP contribution < -0.4 is 9.46 Å². The Kier molecular flexibility index (Phi) is 6.62. The highest BCUT2D eigenvalue weighted by molar-refractivity contribution is 7.89. The Labute approximate surface area is 154 Å². The molecule has 1 heterocycles. The van der Waals surface area contributed by atoms with Crippen LogP contribution in [0.15, 0.2) is 59.5 Å². The molecule has 0 saturated carbocycles. The average molecular weight is 376 g/mol. The van der Waals surface area contributed by atoms with Crippen LogP contribution >= 0.6 is 0 Å². The molecule has 1 N–H and O–H groups in total. The molecule has 2 aromatic carbocycles. The maximum atomic E-state index is 12.4. The van der Waals surface area contributed by atoms with Gasteiger partial charge in [-0.3, -0.25) is 4.90 Å². The summed E-state index contributed by atoms with van der Waals surface area (Å²) in [6.07, 6.45) is 0.772. The van der Waals surface area contributed by atoms with Crippen molar-refractivity contribution in [1.82, 2.24) is 9.62 Å². The van der Waals surface area contributed by atoms with Gasteiger partial charge in [-0.2, -0.15) is 0 Å². The lowest BCUT2D eigenvalue weighted by molar-refractivity contribution is 0.0376. The van der Waals surface area contributed by atoms with E-state index in [2.05, 4.69) is 9.62 Å². The number of sulfonamides is 1. The first kappa shape index (κ1) is 18.8. The smallest absolute Gasteiger partial charge is 0.240 e. The molecule has 1 aliphatic rings. The predicted octanol–water partition coefficient (Wildman–Crippen LogP) is 2.48. The lowest BCUT2D eigenvalue weighted by Crippen LogP contribution is -2.38. The summed E-state index contributed by atoms with van der Waals surface area (Å²) in [4.78, 5) is 2.53. The van der Waals surface area contributed by atoms with Crippen LogP contribution in [0.3, 0.4) is 0 Å². The number of morpholine rings is 1. The van der Waals surface area contributed by atoms with Gasteiger partial charge >= 0.3 is 0 Å². The van der Waals surface area contributed by atoms with Gasteiger partial charge in [0.25, 0.3) is 0 Å². The van der Waals surface area contributed by atoms with Crippen LogP contribution in [0.25, 0.3) is 0 Å². The SMILES string of the molecule is O=S(=O)(NCCCN1CCOCC1)c1ccc(Oc2ccccc2)cc1. The van der Waals surface area contributed by atoms with Gasteiger partial charge in [0.15, 0.2) is 0 Å². The van der Waals surface area contributed by atoms with Crippen molar-refractivity contribution in [3.63, 3.8) is 0 Å². The van der Waals surface area contributed by atoms with Crippen molar-refractivity contribution in [3.8, 4) is 11.5 Å². The van der Waals surface area contributed by atoms with Crippen LogP contribution in [0.1, 0.15) is 6.42 Å². The molecule has 0 atom stereocenters. The summed E-state index contributed by atoms with van der Waals surface area (Å²) in [5.41, 5.74) is 0. The van der Waals surface area contributed by atoms with E-state index in [1.807, 2.05) is 30.3 Å². The average Bonchev–Trinajstić information content (AvgIpc) is 2.67. The summed E-state index contributed by atoms with van der Waals surface area (Å²) >= 11 is 0. The molecule has 140 valence electrons. The molecule has 0 bridgehead atoms. The molecule has 6 nitrogen and oxygen atoms in total. The third-order valence-corrected chi connectivity index (χ3v) is 5.64. The minimum Gasteiger partial charge on any atom is -0.457 e. The Morgan fingerprint density at radius 2 is 1.62 bits per heavy atom. The molecule has 1 saturated heterocycles. The van der Waals surface area contributed by atoms with E-state index < -0.39 is 10.0 Å². The van der Waals surface area contributed by atoms with Crippen molar-refractivity contribution in [3.05, 3.63) is 54.6 Å². The monoisotopic (exact) mass is 376 g/mol. The Morgan fingerprint density at radius 3 is 2.31 bits per heavy atom. The van der Waals surface area contributed by atoms with Gasteiger partial charge in [0.05, 0.1) is 18.1 Å². The number of hydrogen-bond acceptors (Lipinski definition) is 5. The first-order valence-electron chi connectivity index (χ1n) is 8.76. The zero-order valence-electron chi connectivity index (χ0n) is 14.6. The molecule has 0 aliphatic carbocycles. The van der Waals surface area contributed by atoms with Crippen LogP contribution in [-0.2, 0) is 14.8 Å². The minimum absolute atomic E-state index is 0.240. The maximum Gasteiger partial charge on any atom is 0.240 e. The predicted molar refractivity (Wildman–Crippen MR) is 100 cm³/mol.